The number of oxazole rings is 1. The second-order valence-corrected chi connectivity index (χ2v) is 8.09. The maximum absolute atomic E-state index is 11.8. The van der Waals surface area contributed by atoms with Crippen molar-refractivity contribution >= 4 is 28.9 Å². The number of carboxylic acids is 1. The van der Waals surface area contributed by atoms with E-state index in [9.17, 15) is 9.90 Å². The van der Waals surface area contributed by atoms with E-state index >= 15 is 0 Å². The van der Waals surface area contributed by atoms with Gasteiger partial charge in [-0.25, -0.2) is 9.79 Å². The summed E-state index contributed by atoms with van der Waals surface area (Å²) in [4.78, 5) is 25.0. The fourth-order valence-electron chi connectivity index (χ4n) is 4.93. The van der Waals surface area contributed by atoms with Gasteiger partial charge in [-0.05, 0) is 43.0 Å². The maximum atomic E-state index is 11.8. The average Bonchev–Trinajstić information content (AvgIpc) is 3.45. The van der Waals surface area contributed by atoms with Crippen LogP contribution in [0.2, 0.25) is 0 Å². The molecule has 9 nitrogen and oxygen atoms in total. The molecule has 3 N–H and O–H groups in total. The van der Waals surface area contributed by atoms with Gasteiger partial charge in [-0.3, -0.25) is 0 Å². The number of hydrogen-bond donors (Lipinski definition) is 2. The highest BCUT2D eigenvalue weighted by atomic mass is 16.5. The highest BCUT2D eigenvalue weighted by Gasteiger charge is 2.40. The van der Waals surface area contributed by atoms with Gasteiger partial charge in [0, 0.05) is 30.4 Å². The second-order valence-electron chi connectivity index (χ2n) is 8.09. The van der Waals surface area contributed by atoms with E-state index in [2.05, 4.69) is 9.88 Å². The molecule has 0 aliphatic carbocycles. The second kappa shape index (κ2) is 6.63. The Morgan fingerprint density at radius 2 is 2.19 bits per heavy atom. The van der Waals surface area contributed by atoms with Crippen molar-refractivity contribution in [2.24, 2.45) is 4.99 Å². The van der Waals surface area contributed by atoms with Crippen molar-refractivity contribution in [2.45, 2.75) is 25.3 Å². The number of benzene rings is 1. The van der Waals surface area contributed by atoms with Crippen LogP contribution in [-0.2, 0) is 9.53 Å². The number of fused-ring (bicyclic) bond motifs is 1. The summed E-state index contributed by atoms with van der Waals surface area (Å²) in [5.41, 5.74) is 11.9. The van der Waals surface area contributed by atoms with Crippen LogP contribution >= 0.6 is 0 Å². The van der Waals surface area contributed by atoms with Crippen LogP contribution in [0.25, 0.3) is 11.1 Å². The Balaban J connectivity index is 1.44. The summed E-state index contributed by atoms with van der Waals surface area (Å²) in [6.45, 7) is 1.97. The molecule has 4 aliphatic heterocycles. The number of aliphatic imine (C=N–C) groups is 1. The molecule has 158 valence electrons. The van der Waals surface area contributed by atoms with E-state index < -0.39 is 12.0 Å². The van der Waals surface area contributed by atoms with E-state index in [1.54, 1.807) is 6.26 Å². The first-order valence-electron chi connectivity index (χ1n) is 10.4. The third kappa shape index (κ3) is 2.73. The van der Waals surface area contributed by atoms with Crippen LogP contribution < -0.4 is 5.73 Å². The molecule has 4 aliphatic rings. The zero-order chi connectivity index (χ0) is 21.1. The van der Waals surface area contributed by atoms with E-state index in [0.29, 0.717) is 30.7 Å². The van der Waals surface area contributed by atoms with Gasteiger partial charge in [0.15, 0.2) is 5.58 Å². The van der Waals surface area contributed by atoms with Crippen molar-refractivity contribution in [3.63, 3.8) is 0 Å². The number of carboxylic acid groups (broad SMARTS) is 1. The first kappa shape index (κ1) is 18.1. The van der Waals surface area contributed by atoms with Gasteiger partial charge < -0.3 is 29.8 Å². The Hall–Kier alpha value is -3.75. The third-order valence-electron chi connectivity index (χ3n) is 6.31. The van der Waals surface area contributed by atoms with E-state index in [0.717, 1.165) is 47.8 Å². The largest absolute Gasteiger partial charge is 0.495 e. The highest BCUT2D eigenvalue weighted by Crippen LogP contribution is 2.41. The van der Waals surface area contributed by atoms with Gasteiger partial charge >= 0.3 is 5.97 Å². The van der Waals surface area contributed by atoms with Crippen molar-refractivity contribution in [2.75, 3.05) is 25.4 Å². The van der Waals surface area contributed by atoms with E-state index in [1.807, 2.05) is 29.3 Å². The molecule has 0 unspecified atom stereocenters. The van der Waals surface area contributed by atoms with Crippen molar-refractivity contribution in [3.05, 3.63) is 58.8 Å². The van der Waals surface area contributed by atoms with Crippen molar-refractivity contribution in [1.82, 2.24) is 14.8 Å². The Morgan fingerprint density at radius 1 is 1.29 bits per heavy atom. The van der Waals surface area contributed by atoms with E-state index in [4.69, 9.17) is 19.9 Å². The van der Waals surface area contributed by atoms with Crippen LogP contribution in [-0.4, -0.2) is 57.4 Å². The van der Waals surface area contributed by atoms with Gasteiger partial charge in [0.25, 0.3) is 6.01 Å². The summed E-state index contributed by atoms with van der Waals surface area (Å²) < 4.78 is 11.3. The molecular formula is C22H21N5O4. The predicted octanol–water partition coefficient (Wildman–Crippen LogP) is 2.43. The number of aliphatic carboxylic acids is 1. The zero-order valence-electron chi connectivity index (χ0n) is 16.7. The normalized spacial score (nSPS) is 22.7. The Morgan fingerprint density at radius 3 is 3.06 bits per heavy atom. The molecule has 31 heavy (non-hydrogen) atoms. The highest BCUT2D eigenvalue weighted by molar-refractivity contribution is 6.04. The number of nitrogen functional groups attached to an aromatic ring is 1. The van der Waals surface area contributed by atoms with Crippen LogP contribution in [0.1, 0.15) is 24.8 Å². The summed E-state index contributed by atoms with van der Waals surface area (Å²) in [7, 11) is 0. The van der Waals surface area contributed by atoms with Crippen LogP contribution in [0, 0.1) is 0 Å². The van der Waals surface area contributed by atoms with Gasteiger partial charge in [-0.2, -0.15) is 4.98 Å². The lowest BCUT2D eigenvalue weighted by Gasteiger charge is -2.33. The lowest BCUT2D eigenvalue weighted by molar-refractivity contribution is -0.141. The lowest BCUT2D eigenvalue weighted by Crippen LogP contribution is -2.38. The molecule has 0 saturated carbocycles. The standard InChI is InChI=1S/C22H21N5O4/c23-22-25-15-8-12(3-4-18(15)31-22)20-24-9-14-17(26-6-1-2-16(26)21(28)29)11-30-10-13-5-7-27(20)19(13)14/h3-4,8-9,11,16H,1-2,5-7,10H2,(H2,23,25)(H,28,29)/t16-/m0/s1. The molecular weight excluding hydrogens is 398 g/mol. The van der Waals surface area contributed by atoms with Gasteiger partial charge in [-0.15, -0.1) is 0 Å². The predicted molar refractivity (Wildman–Crippen MR) is 113 cm³/mol. The molecule has 6 rings (SSSR count). The smallest absolute Gasteiger partial charge is 0.326 e. The first-order valence-corrected chi connectivity index (χ1v) is 10.4. The summed E-state index contributed by atoms with van der Waals surface area (Å²) in [6, 6.07) is 5.33. The number of likely N-dealkylation sites (tertiary alicyclic amines) is 1. The number of ether oxygens (including phenoxy) is 1. The Kier molecular flexibility index (Phi) is 3.86. The number of nitrogens with zero attached hydrogens (tertiary/aromatic N) is 4. The Labute approximate surface area is 177 Å². The third-order valence-corrected chi connectivity index (χ3v) is 6.31. The topological polar surface area (TPSA) is 117 Å². The van der Waals surface area contributed by atoms with Gasteiger partial charge in [0.05, 0.1) is 11.4 Å². The minimum atomic E-state index is -0.805. The van der Waals surface area contributed by atoms with E-state index in [-0.39, 0.29) is 6.01 Å². The van der Waals surface area contributed by atoms with Gasteiger partial charge in [-0.1, -0.05) is 0 Å². The Bertz CT molecular complexity index is 1240. The minimum Gasteiger partial charge on any atom is -0.495 e. The number of amidine groups is 1. The van der Waals surface area contributed by atoms with E-state index in [1.165, 1.54) is 5.57 Å². The van der Waals surface area contributed by atoms with Crippen molar-refractivity contribution in [1.29, 1.82) is 0 Å². The molecule has 1 saturated heterocycles. The SMILES string of the molecule is Nc1nc2cc(C3=NC=C4C(N5CCC[C@H]5C(=O)O)=COCC5=C4N3CC5)ccc2o1. The summed E-state index contributed by atoms with van der Waals surface area (Å²) in [6.07, 6.45) is 5.88. The molecule has 1 fully saturated rings. The van der Waals surface area contributed by atoms with Crippen molar-refractivity contribution in [3.8, 4) is 0 Å². The molecule has 1 atom stereocenters. The number of carbonyl (C=O) groups is 1. The maximum Gasteiger partial charge on any atom is 0.326 e. The van der Waals surface area contributed by atoms with Gasteiger partial charge in [0.2, 0.25) is 0 Å². The summed E-state index contributed by atoms with van der Waals surface area (Å²) in [5, 5.41) is 9.67. The van der Waals surface area contributed by atoms with Crippen LogP contribution in [0.15, 0.2) is 62.6 Å². The number of aromatic nitrogens is 1. The van der Waals surface area contributed by atoms with Gasteiger partial charge in [0.1, 0.15) is 30.3 Å². The fourth-order valence-corrected chi connectivity index (χ4v) is 4.93. The first-order chi connectivity index (χ1) is 15.1. The molecule has 0 bridgehead atoms. The average molecular weight is 419 g/mol. The van der Waals surface area contributed by atoms with Crippen LogP contribution in [0.5, 0.6) is 0 Å². The number of hydrogen-bond acceptors (Lipinski definition) is 8. The molecule has 0 radical (unpaired) electrons. The van der Waals surface area contributed by atoms with Crippen LogP contribution in [0.3, 0.4) is 0 Å². The summed E-state index contributed by atoms with van der Waals surface area (Å²) >= 11 is 0. The molecule has 0 spiro atoms. The minimum absolute atomic E-state index is 0.139. The number of rotatable bonds is 3. The lowest BCUT2D eigenvalue weighted by atomic mass is 10.0. The quantitative estimate of drug-likeness (QED) is 0.779. The molecule has 1 aromatic carbocycles. The monoisotopic (exact) mass is 419 g/mol. The van der Waals surface area contributed by atoms with Crippen LogP contribution in [0.4, 0.5) is 6.01 Å². The molecule has 5 heterocycles. The molecule has 9 heteroatoms. The fraction of sp³-hybridized carbons (Fsp3) is 0.318. The molecule has 2 aromatic rings. The molecule has 0 amide bonds. The summed E-state index contributed by atoms with van der Waals surface area (Å²) in [5.74, 6) is 0.0237. The molecule has 1 aromatic heterocycles. The number of anilines is 1. The number of nitrogens with two attached hydrogens (primary N) is 1. The van der Waals surface area contributed by atoms with Crippen molar-refractivity contribution < 1.29 is 19.1 Å². The zero-order valence-corrected chi connectivity index (χ0v) is 16.7.